The molecule has 0 amide bonds. The lowest BCUT2D eigenvalue weighted by Crippen LogP contribution is -2.19. The number of hydrogen-bond acceptors (Lipinski definition) is 6. The molecule has 0 heterocycles. The van der Waals surface area contributed by atoms with E-state index in [-0.39, 0.29) is 16.9 Å². The standard InChI is InChI=1S/C27H22O8/c1-27(2,19-7-11-21(12-8-19)34-24(30)16-15-23(28)29)20-9-13-22(14-10-20)35-26(33)18-5-3-17(4-6-18)25(31)32/h3-16H,1-2H3,(H,28,29)(H,31,32)/b16-15+. The first kappa shape index (κ1) is 24.9. The predicted octanol–water partition coefficient (Wildman–Crippen LogP) is 4.48. The van der Waals surface area contributed by atoms with Gasteiger partial charge in [0.25, 0.3) is 0 Å². The summed E-state index contributed by atoms with van der Waals surface area (Å²) in [5.41, 5.74) is 1.76. The third kappa shape index (κ3) is 6.42. The topological polar surface area (TPSA) is 127 Å². The molecule has 0 saturated carbocycles. The van der Waals surface area contributed by atoms with Crippen molar-refractivity contribution in [2.45, 2.75) is 19.3 Å². The van der Waals surface area contributed by atoms with Gasteiger partial charge in [-0.1, -0.05) is 38.1 Å². The highest BCUT2D eigenvalue weighted by atomic mass is 16.5. The molecule has 0 radical (unpaired) electrons. The number of carbonyl (C=O) groups excluding carboxylic acids is 2. The Morgan fingerprint density at radius 2 is 1.11 bits per heavy atom. The summed E-state index contributed by atoms with van der Waals surface area (Å²) in [6.45, 7) is 4.02. The molecule has 0 aliphatic heterocycles. The maximum Gasteiger partial charge on any atom is 0.343 e. The van der Waals surface area contributed by atoms with Gasteiger partial charge >= 0.3 is 23.9 Å². The second-order valence-corrected chi connectivity index (χ2v) is 8.04. The van der Waals surface area contributed by atoms with Crippen LogP contribution in [-0.2, 0) is 15.0 Å². The van der Waals surface area contributed by atoms with Crippen molar-refractivity contribution >= 4 is 23.9 Å². The molecule has 0 unspecified atom stereocenters. The van der Waals surface area contributed by atoms with E-state index in [9.17, 15) is 19.2 Å². The molecule has 3 rings (SSSR count). The Labute approximate surface area is 201 Å². The van der Waals surface area contributed by atoms with Gasteiger partial charge in [0.15, 0.2) is 0 Å². The quantitative estimate of drug-likeness (QED) is 0.278. The fraction of sp³-hybridized carbons (Fsp3) is 0.111. The van der Waals surface area contributed by atoms with Gasteiger partial charge in [-0.2, -0.15) is 0 Å². The van der Waals surface area contributed by atoms with Crippen LogP contribution >= 0.6 is 0 Å². The predicted molar refractivity (Wildman–Crippen MR) is 126 cm³/mol. The highest BCUT2D eigenvalue weighted by Crippen LogP contribution is 2.33. The molecule has 178 valence electrons. The maximum absolute atomic E-state index is 12.3. The number of benzene rings is 3. The van der Waals surface area contributed by atoms with Crippen LogP contribution < -0.4 is 9.47 Å². The molecule has 35 heavy (non-hydrogen) atoms. The number of carboxylic acid groups (broad SMARTS) is 2. The van der Waals surface area contributed by atoms with Crippen molar-refractivity contribution in [1.82, 2.24) is 0 Å². The summed E-state index contributed by atoms with van der Waals surface area (Å²) in [6, 6.07) is 19.3. The van der Waals surface area contributed by atoms with E-state index in [4.69, 9.17) is 19.7 Å². The minimum atomic E-state index is -1.24. The second kappa shape index (κ2) is 10.5. The minimum Gasteiger partial charge on any atom is -0.478 e. The number of carboxylic acids is 2. The van der Waals surface area contributed by atoms with E-state index in [1.165, 1.54) is 24.3 Å². The number of ether oxygens (including phenoxy) is 2. The SMILES string of the molecule is CC(C)(c1ccc(OC(=O)/C=C/C(=O)O)cc1)c1ccc(OC(=O)c2ccc(C(=O)O)cc2)cc1. The molecule has 0 saturated heterocycles. The van der Waals surface area contributed by atoms with Crippen LogP contribution in [0.4, 0.5) is 0 Å². The molecule has 0 fully saturated rings. The van der Waals surface area contributed by atoms with Crippen LogP contribution in [0.3, 0.4) is 0 Å². The molecule has 0 atom stereocenters. The number of rotatable bonds is 8. The van der Waals surface area contributed by atoms with Crippen LogP contribution in [0.2, 0.25) is 0 Å². The van der Waals surface area contributed by atoms with Gasteiger partial charge in [0, 0.05) is 17.6 Å². The first-order valence-electron chi connectivity index (χ1n) is 10.5. The monoisotopic (exact) mass is 474 g/mol. The van der Waals surface area contributed by atoms with E-state index in [1.54, 1.807) is 36.4 Å². The van der Waals surface area contributed by atoms with Gasteiger partial charge in [0.1, 0.15) is 11.5 Å². The van der Waals surface area contributed by atoms with Crippen LogP contribution in [0.1, 0.15) is 45.7 Å². The molecule has 8 nitrogen and oxygen atoms in total. The Morgan fingerprint density at radius 1 is 0.657 bits per heavy atom. The van der Waals surface area contributed by atoms with Crippen molar-refractivity contribution in [2.24, 2.45) is 0 Å². The van der Waals surface area contributed by atoms with Crippen LogP contribution in [0, 0.1) is 0 Å². The van der Waals surface area contributed by atoms with Crippen molar-refractivity contribution in [2.75, 3.05) is 0 Å². The zero-order valence-corrected chi connectivity index (χ0v) is 18.9. The van der Waals surface area contributed by atoms with Gasteiger partial charge in [0.2, 0.25) is 0 Å². The smallest absolute Gasteiger partial charge is 0.343 e. The molecular weight excluding hydrogens is 452 g/mol. The van der Waals surface area contributed by atoms with Crippen molar-refractivity contribution < 1.29 is 38.9 Å². The fourth-order valence-corrected chi connectivity index (χ4v) is 3.25. The summed E-state index contributed by atoms with van der Waals surface area (Å²) >= 11 is 0. The second-order valence-electron chi connectivity index (χ2n) is 8.04. The molecule has 3 aromatic rings. The molecule has 0 bridgehead atoms. The zero-order chi connectivity index (χ0) is 25.6. The van der Waals surface area contributed by atoms with E-state index in [2.05, 4.69) is 0 Å². The molecular formula is C27H22O8. The Morgan fingerprint density at radius 3 is 1.57 bits per heavy atom. The highest BCUT2D eigenvalue weighted by molar-refractivity contribution is 5.93. The Kier molecular flexibility index (Phi) is 7.46. The first-order chi connectivity index (χ1) is 16.6. The maximum atomic E-state index is 12.3. The largest absolute Gasteiger partial charge is 0.478 e. The Bertz CT molecular complexity index is 1270. The lowest BCUT2D eigenvalue weighted by Gasteiger charge is -2.26. The molecule has 8 heteroatoms. The fourth-order valence-electron chi connectivity index (χ4n) is 3.25. The summed E-state index contributed by atoms with van der Waals surface area (Å²) in [7, 11) is 0. The van der Waals surface area contributed by atoms with Crippen molar-refractivity contribution in [1.29, 1.82) is 0 Å². The van der Waals surface area contributed by atoms with Gasteiger partial charge < -0.3 is 19.7 Å². The number of aliphatic carboxylic acids is 1. The highest BCUT2D eigenvalue weighted by Gasteiger charge is 2.23. The van der Waals surface area contributed by atoms with Crippen molar-refractivity contribution in [3.05, 3.63) is 107 Å². The minimum absolute atomic E-state index is 0.0781. The van der Waals surface area contributed by atoms with Gasteiger partial charge in [-0.05, 0) is 59.7 Å². The van der Waals surface area contributed by atoms with Gasteiger partial charge in [0.05, 0.1) is 11.1 Å². The number of carbonyl (C=O) groups is 4. The normalized spacial score (nSPS) is 11.1. The van der Waals surface area contributed by atoms with Gasteiger partial charge in [-0.3, -0.25) is 0 Å². The third-order valence-corrected chi connectivity index (χ3v) is 5.31. The van der Waals surface area contributed by atoms with Crippen molar-refractivity contribution in [3.8, 4) is 11.5 Å². The van der Waals surface area contributed by atoms with Crippen molar-refractivity contribution in [3.63, 3.8) is 0 Å². The number of hydrogen-bond donors (Lipinski definition) is 2. The van der Waals surface area contributed by atoms with Crippen LogP contribution in [0.5, 0.6) is 11.5 Å². The summed E-state index contributed by atoms with van der Waals surface area (Å²) < 4.78 is 10.5. The first-order valence-corrected chi connectivity index (χ1v) is 10.5. The van der Waals surface area contributed by atoms with E-state index in [0.29, 0.717) is 11.8 Å². The number of aromatic carboxylic acids is 1. The Balaban J connectivity index is 1.67. The van der Waals surface area contributed by atoms with Crippen LogP contribution in [0.15, 0.2) is 84.9 Å². The molecule has 0 aromatic heterocycles. The molecule has 0 spiro atoms. The summed E-state index contributed by atoms with van der Waals surface area (Å²) in [5.74, 6) is -3.09. The van der Waals surface area contributed by atoms with Crippen LogP contribution in [0.25, 0.3) is 0 Å². The van der Waals surface area contributed by atoms with E-state index < -0.39 is 29.3 Å². The lowest BCUT2D eigenvalue weighted by molar-refractivity contribution is -0.133. The molecule has 0 aliphatic carbocycles. The summed E-state index contributed by atoms with van der Waals surface area (Å²) in [5, 5.41) is 17.5. The molecule has 3 aromatic carbocycles. The molecule has 2 N–H and O–H groups in total. The Hall–Kier alpha value is -4.72. The average Bonchev–Trinajstić information content (AvgIpc) is 2.83. The number of esters is 2. The summed E-state index contributed by atoms with van der Waals surface area (Å²) in [6.07, 6.45) is 1.54. The average molecular weight is 474 g/mol. The van der Waals surface area contributed by atoms with E-state index >= 15 is 0 Å². The van der Waals surface area contributed by atoms with Gasteiger partial charge in [-0.25, -0.2) is 19.2 Å². The zero-order valence-electron chi connectivity index (χ0n) is 18.9. The van der Waals surface area contributed by atoms with E-state index in [1.807, 2.05) is 26.0 Å². The van der Waals surface area contributed by atoms with E-state index in [0.717, 1.165) is 17.2 Å². The summed E-state index contributed by atoms with van der Waals surface area (Å²) in [4.78, 5) is 45.4. The van der Waals surface area contributed by atoms with Crippen LogP contribution in [-0.4, -0.2) is 34.1 Å². The lowest BCUT2D eigenvalue weighted by atomic mass is 9.78. The molecule has 0 aliphatic rings. The third-order valence-electron chi connectivity index (χ3n) is 5.31. The van der Waals surface area contributed by atoms with Gasteiger partial charge in [-0.15, -0.1) is 0 Å².